The summed E-state index contributed by atoms with van der Waals surface area (Å²) >= 11 is 0. The third-order valence-electron chi connectivity index (χ3n) is 6.99. The molecule has 0 heterocycles. The van der Waals surface area contributed by atoms with E-state index in [1.54, 1.807) is 0 Å². The fourth-order valence-electron chi connectivity index (χ4n) is 4.83. The van der Waals surface area contributed by atoms with Crippen molar-refractivity contribution in [3.63, 3.8) is 0 Å². The first kappa shape index (κ1) is 25.1. The normalized spacial score (nSPS) is 20.9. The van der Waals surface area contributed by atoms with Gasteiger partial charge in [-0.1, -0.05) is 41.5 Å². The maximum Gasteiger partial charge on any atom is 0.332 e. The Bertz CT molecular complexity index is 519. The molecule has 0 radical (unpaired) electrons. The van der Waals surface area contributed by atoms with Gasteiger partial charge < -0.3 is 18.9 Å². The van der Waals surface area contributed by atoms with Crippen molar-refractivity contribution in [2.45, 2.75) is 104 Å². The molecule has 0 bridgehead atoms. The molecule has 2 fully saturated rings. The van der Waals surface area contributed by atoms with Crippen molar-refractivity contribution >= 4 is 11.9 Å². The summed E-state index contributed by atoms with van der Waals surface area (Å²) in [6, 6.07) is 0. The average molecular weight is 427 g/mol. The molecule has 2 rings (SSSR count). The van der Waals surface area contributed by atoms with Crippen LogP contribution in [0, 0.1) is 10.8 Å². The third kappa shape index (κ3) is 6.19. The number of carbonyl (C=O) groups excluding carboxylic acids is 2. The Morgan fingerprint density at radius 3 is 1.20 bits per heavy atom. The molecule has 2 aliphatic carbocycles. The highest BCUT2D eigenvalue weighted by molar-refractivity contribution is 5.71. The molecule has 0 saturated heterocycles. The summed E-state index contributed by atoms with van der Waals surface area (Å²) in [7, 11) is 0. The Kier molecular flexibility index (Phi) is 8.36. The molecule has 0 N–H and O–H groups in total. The van der Waals surface area contributed by atoms with Crippen LogP contribution in [-0.4, -0.2) is 49.6 Å². The standard InChI is InChI=1S/C24H42O6/c1-21(2,3)23(11-7-8-12-23)29-19(25)17-27-15-16-28-18-20(26)30-24(22(4,5)6)13-9-10-14-24/h7-18H2,1-6H3. The van der Waals surface area contributed by atoms with Crippen molar-refractivity contribution < 1.29 is 28.5 Å². The lowest BCUT2D eigenvalue weighted by Gasteiger charge is -2.41. The molecule has 0 atom stereocenters. The van der Waals surface area contributed by atoms with Crippen LogP contribution in [0.25, 0.3) is 0 Å². The largest absolute Gasteiger partial charge is 0.457 e. The molecule has 0 aliphatic heterocycles. The molecule has 6 heteroatoms. The lowest BCUT2D eigenvalue weighted by Crippen LogP contribution is -2.45. The number of hydrogen-bond acceptors (Lipinski definition) is 6. The van der Waals surface area contributed by atoms with Gasteiger partial charge in [0.2, 0.25) is 0 Å². The highest BCUT2D eigenvalue weighted by Gasteiger charge is 2.48. The molecule has 30 heavy (non-hydrogen) atoms. The molecular weight excluding hydrogens is 384 g/mol. The minimum absolute atomic E-state index is 0.0909. The zero-order valence-corrected chi connectivity index (χ0v) is 19.9. The van der Waals surface area contributed by atoms with Gasteiger partial charge in [0.15, 0.2) is 0 Å². The van der Waals surface area contributed by atoms with Gasteiger partial charge in [-0.3, -0.25) is 0 Å². The summed E-state index contributed by atoms with van der Waals surface area (Å²) in [5, 5.41) is 0. The van der Waals surface area contributed by atoms with E-state index in [1.807, 2.05) is 0 Å². The number of hydrogen-bond donors (Lipinski definition) is 0. The molecule has 0 amide bonds. The molecule has 0 spiro atoms. The quantitative estimate of drug-likeness (QED) is 0.389. The lowest BCUT2D eigenvalue weighted by atomic mass is 9.75. The molecule has 0 unspecified atom stereocenters. The number of esters is 2. The van der Waals surface area contributed by atoms with Gasteiger partial charge in [-0.15, -0.1) is 0 Å². The summed E-state index contributed by atoms with van der Waals surface area (Å²) in [4.78, 5) is 24.5. The van der Waals surface area contributed by atoms with Crippen LogP contribution < -0.4 is 0 Å². The second-order valence-electron chi connectivity index (χ2n) is 11.0. The number of rotatable bonds is 9. The summed E-state index contributed by atoms with van der Waals surface area (Å²) in [6.45, 7) is 13.0. The van der Waals surface area contributed by atoms with Crippen LogP contribution in [0.3, 0.4) is 0 Å². The van der Waals surface area contributed by atoms with Gasteiger partial charge in [0.05, 0.1) is 13.2 Å². The first-order chi connectivity index (χ1) is 13.9. The molecule has 2 saturated carbocycles. The fraction of sp³-hybridized carbons (Fsp3) is 0.917. The minimum atomic E-state index is -0.392. The second-order valence-corrected chi connectivity index (χ2v) is 11.0. The van der Waals surface area contributed by atoms with Gasteiger partial charge in [0.1, 0.15) is 24.4 Å². The van der Waals surface area contributed by atoms with Crippen LogP contribution in [-0.2, 0) is 28.5 Å². The van der Waals surface area contributed by atoms with Crippen LogP contribution in [0.2, 0.25) is 0 Å². The monoisotopic (exact) mass is 426 g/mol. The van der Waals surface area contributed by atoms with Gasteiger partial charge in [0, 0.05) is 10.8 Å². The SMILES string of the molecule is CC(C)(C)C1(OC(=O)COCCOCC(=O)OC2(C(C)(C)C)CCCC2)CCCC1. The zero-order chi connectivity index (χ0) is 22.5. The molecule has 174 valence electrons. The Balaban J connectivity index is 1.64. The lowest BCUT2D eigenvalue weighted by molar-refractivity contribution is -0.180. The summed E-state index contributed by atoms with van der Waals surface area (Å²) < 4.78 is 22.5. The van der Waals surface area contributed by atoms with Crippen LogP contribution in [0.1, 0.15) is 92.9 Å². The van der Waals surface area contributed by atoms with Crippen molar-refractivity contribution in [2.24, 2.45) is 10.8 Å². The maximum absolute atomic E-state index is 12.3. The van der Waals surface area contributed by atoms with Gasteiger partial charge in [-0.05, 0) is 51.4 Å². The Hall–Kier alpha value is -1.14. The Morgan fingerprint density at radius 1 is 0.633 bits per heavy atom. The molecular formula is C24H42O6. The highest BCUT2D eigenvalue weighted by atomic mass is 16.6. The van der Waals surface area contributed by atoms with Crippen LogP contribution in [0.5, 0.6) is 0 Å². The van der Waals surface area contributed by atoms with E-state index in [-0.39, 0.29) is 49.2 Å². The van der Waals surface area contributed by atoms with Crippen LogP contribution in [0.15, 0.2) is 0 Å². The van der Waals surface area contributed by atoms with E-state index in [0.29, 0.717) is 0 Å². The van der Waals surface area contributed by atoms with Gasteiger partial charge in [0.25, 0.3) is 0 Å². The van der Waals surface area contributed by atoms with Gasteiger partial charge >= 0.3 is 11.9 Å². The molecule has 2 aliphatic rings. The van der Waals surface area contributed by atoms with E-state index in [0.717, 1.165) is 51.4 Å². The minimum Gasteiger partial charge on any atom is -0.457 e. The fourth-order valence-corrected chi connectivity index (χ4v) is 4.83. The number of carbonyl (C=O) groups is 2. The summed E-state index contributed by atoms with van der Waals surface area (Å²) in [5.74, 6) is -0.667. The molecule has 0 aromatic rings. The molecule has 6 nitrogen and oxygen atoms in total. The highest BCUT2D eigenvalue weighted by Crippen LogP contribution is 2.47. The van der Waals surface area contributed by atoms with E-state index in [9.17, 15) is 9.59 Å². The van der Waals surface area contributed by atoms with Gasteiger partial charge in [-0.2, -0.15) is 0 Å². The average Bonchev–Trinajstić information content (AvgIpc) is 3.28. The van der Waals surface area contributed by atoms with Crippen molar-refractivity contribution in [3.8, 4) is 0 Å². The molecule has 0 aromatic heterocycles. The van der Waals surface area contributed by atoms with Crippen LogP contribution >= 0.6 is 0 Å². The van der Waals surface area contributed by atoms with E-state index < -0.39 is 11.2 Å². The number of ether oxygens (including phenoxy) is 4. The van der Waals surface area contributed by atoms with Gasteiger partial charge in [-0.25, -0.2) is 9.59 Å². The predicted molar refractivity (Wildman–Crippen MR) is 115 cm³/mol. The van der Waals surface area contributed by atoms with Crippen molar-refractivity contribution in [1.29, 1.82) is 0 Å². The summed E-state index contributed by atoms with van der Waals surface area (Å²) in [6.07, 6.45) is 7.98. The van der Waals surface area contributed by atoms with Crippen LogP contribution in [0.4, 0.5) is 0 Å². The van der Waals surface area contributed by atoms with Crippen molar-refractivity contribution in [3.05, 3.63) is 0 Å². The maximum atomic E-state index is 12.3. The van der Waals surface area contributed by atoms with E-state index in [1.165, 1.54) is 0 Å². The zero-order valence-electron chi connectivity index (χ0n) is 19.9. The Morgan fingerprint density at radius 2 is 0.933 bits per heavy atom. The molecule has 0 aromatic carbocycles. The summed E-state index contributed by atoms with van der Waals surface area (Å²) in [5.41, 5.74) is -0.966. The topological polar surface area (TPSA) is 71.1 Å². The predicted octanol–water partition coefficient (Wildman–Crippen LogP) is 4.82. The van der Waals surface area contributed by atoms with E-state index in [2.05, 4.69) is 41.5 Å². The first-order valence-electron chi connectivity index (χ1n) is 11.5. The Labute approximate surface area is 182 Å². The van der Waals surface area contributed by atoms with E-state index >= 15 is 0 Å². The van der Waals surface area contributed by atoms with Crippen molar-refractivity contribution in [1.82, 2.24) is 0 Å². The third-order valence-corrected chi connectivity index (χ3v) is 6.99. The first-order valence-corrected chi connectivity index (χ1v) is 11.5. The van der Waals surface area contributed by atoms with Crippen molar-refractivity contribution in [2.75, 3.05) is 26.4 Å². The smallest absolute Gasteiger partial charge is 0.332 e. The second kappa shape index (κ2) is 9.99. The van der Waals surface area contributed by atoms with E-state index in [4.69, 9.17) is 18.9 Å².